The zero-order chi connectivity index (χ0) is 22.1. The lowest BCUT2D eigenvalue weighted by molar-refractivity contribution is -0.307. The van der Waals surface area contributed by atoms with Gasteiger partial charge >= 0.3 is 0 Å². The summed E-state index contributed by atoms with van der Waals surface area (Å²) in [6.07, 6.45) is 0. The van der Waals surface area contributed by atoms with Crippen LogP contribution in [-0.2, 0) is 9.53 Å². The van der Waals surface area contributed by atoms with Crippen LogP contribution in [0.2, 0.25) is 0 Å². The Morgan fingerprint density at radius 3 is 2.48 bits per heavy atom. The molecule has 2 aromatic rings. The van der Waals surface area contributed by atoms with E-state index in [0.717, 1.165) is 32.8 Å². The largest absolute Gasteiger partial charge is 0.548 e. The Kier molecular flexibility index (Phi) is 8.10. The number of carbonyl (C=O) groups excluding carboxylic acids is 1. The zero-order valence-corrected chi connectivity index (χ0v) is 17.5. The second-order valence-corrected chi connectivity index (χ2v) is 7.06. The molecule has 2 aromatic carbocycles. The fourth-order valence-electron chi connectivity index (χ4n) is 3.30. The number of carboxylic acid groups (broad SMARTS) is 1. The molecule has 1 N–H and O–H groups in total. The van der Waals surface area contributed by atoms with E-state index < -0.39 is 12.0 Å². The summed E-state index contributed by atoms with van der Waals surface area (Å²) < 4.78 is 16.9. The van der Waals surface area contributed by atoms with Crippen LogP contribution in [0.4, 0.5) is 5.69 Å². The molecular formula is C23H26N3O5-. The molecule has 0 aliphatic carbocycles. The van der Waals surface area contributed by atoms with E-state index in [2.05, 4.69) is 10.2 Å². The third-order valence-corrected chi connectivity index (χ3v) is 4.89. The first-order valence-electron chi connectivity index (χ1n) is 10.3. The summed E-state index contributed by atoms with van der Waals surface area (Å²) in [5, 5.41) is 23.8. The fourth-order valence-corrected chi connectivity index (χ4v) is 3.30. The first-order chi connectivity index (χ1) is 15.1. The summed E-state index contributed by atoms with van der Waals surface area (Å²) in [6.45, 7) is 6.70. The minimum Gasteiger partial charge on any atom is -0.548 e. The SMILES string of the molecule is CCOc1cc(OCCN2CCOCC2)cc(C(Nc2ccc(C#N)cc2)C(=O)[O-])c1. The van der Waals surface area contributed by atoms with Crippen LogP contribution in [-0.4, -0.2) is 56.9 Å². The third-order valence-electron chi connectivity index (χ3n) is 4.89. The van der Waals surface area contributed by atoms with Crippen LogP contribution < -0.4 is 19.9 Å². The van der Waals surface area contributed by atoms with E-state index in [0.29, 0.717) is 41.5 Å². The Bertz CT molecular complexity index is 904. The van der Waals surface area contributed by atoms with Gasteiger partial charge in [-0.15, -0.1) is 0 Å². The second-order valence-electron chi connectivity index (χ2n) is 7.06. The maximum Gasteiger partial charge on any atom is 0.123 e. The maximum absolute atomic E-state index is 11.9. The highest BCUT2D eigenvalue weighted by Crippen LogP contribution is 2.29. The standard InChI is InChI=1S/C23H27N3O5/c1-2-30-20-13-18(14-21(15-20)31-12-9-26-7-10-29-11-8-26)22(23(27)28)25-19-5-3-17(16-24)4-6-19/h3-6,13-15,22,25H,2,7-12H2,1H3,(H,27,28)/p-1. The molecule has 0 saturated carbocycles. The quantitative estimate of drug-likeness (QED) is 0.613. The first kappa shape index (κ1) is 22.4. The monoisotopic (exact) mass is 424 g/mol. The molecule has 8 nitrogen and oxygen atoms in total. The number of carboxylic acids is 1. The number of carbonyl (C=O) groups is 1. The minimum absolute atomic E-state index is 0.440. The fraction of sp³-hybridized carbons (Fsp3) is 0.391. The predicted molar refractivity (Wildman–Crippen MR) is 113 cm³/mol. The van der Waals surface area contributed by atoms with E-state index in [-0.39, 0.29) is 0 Å². The molecule has 164 valence electrons. The molecule has 1 atom stereocenters. The summed E-state index contributed by atoms with van der Waals surface area (Å²) in [5.41, 5.74) is 1.51. The van der Waals surface area contributed by atoms with Gasteiger partial charge < -0.3 is 29.4 Å². The smallest absolute Gasteiger partial charge is 0.123 e. The van der Waals surface area contributed by atoms with Crippen LogP contribution in [0.5, 0.6) is 11.5 Å². The summed E-state index contributed by atoms with van der Waals surface area (Å²) in [4.78, 5) is 14.2. The van der Waals surface area contributed by atoms with Crippen molar-refractivity contribution < 1.29 is 24.1 Å². The first-order valence-corrected chi connectivity index (χ1v) is 10.3. The van der Waals surface area contributed by atoms with Crippen LogP contribution in [0.15, 0.2) is 42.5 Å². The molecule has 1 saturated heterocycles. The van der Waals surface area contributed by atoms with Crippen molar-refractivity contribution in [3.8, 4) is 17.6 Å². The molecule has 1 fully saturated rings. The van der Waals surface area contributed by atoms with Gasteiger partial charge in [-0.05, 0) is 48.9 Å². The average molecular weight is 424 g/mol. The summed E-state index contributed by atoms with van der Waals surface area (Å²) in [5.74, 6) is -0.228. The lowest BCUT2D eigenvalue weighted by Crippen LogP contribution is -2.38. The van der Waals surface area contributed by atoms with E-state index in [1.54, 1.807) is 42.5 Å². The predicted octanol–water partition coefficient (Wildman–Crippen LogP) is 1.57. The number of morpholine rings is 1. The molecule has 1 aliphatic heterocycles. The number of nitriles is 1. The maximum atomic E-state index is 11.9. The molecule has 3 rings (SSSR count). The Hall–Kier alpha value is -3.28. The van der Waals surface area contributed by atoms with Crippen molar-refractivity contribution >= 4 is 11.7 Å². The number of nitrogens with zero attached hydrogens (tertiary/aromatic N) is 2. The highest BCUT2D eigenvalue weighted by Gasteiger charge is 2.16. The average Bonchev–Trinajstić information content (AvgIpc) is 2.78. The van der Waals surface area contributed by atoms with Gasteiger partial charge in [0.15, 0.2) is 0 Å². The molecule has 8 heteroatoms. The lowest BCUT2D eigenvalue weighted by Gasteiger charge is -2.26. The topological polar surface area (TPSA) is 107 Å². The number of aliphatic carboxylic acids is 1. The van der Waals surface area contributed by atoms with Crippen LogP contribution >= 0.6 is 0 Å². The van der Waals surface area contributed by atoms with Crippen molar-refractivity contribution in [2.24, 2.45) is 0 Å². The van der Waals surface area contributed by atoms with Gasteiger partial charge in [0.2, 0.25) is 0 Å². The number of anilines is 1. The second kappa shape index (κ2) is 11.2. The van der Waals surface area contributed by atoms with Gasteiger partial charge in [0, 0.05) is 31.4 Å². The van der Waals surface area contributed by atoms with E-state index in [1.165, 1.54) is 0 Å². The number of benzene rings is 2. The minimum atomic E-state index is -1.28. The highest BCUT2D eigenvalue weighted by atomic mass is 16.5. The number of ether oxygens (including phenoxy) is 3. The Labute approximate surface area is 181 Å². The van der Waals surface area contributed by atoms with Crippen molar-refractivity contribution in [2.45, 2.75) is 13.0 Å². The molecule has 0 aromatic heterocycles. The lowest BCUT2D eigenvalue weighted by atomic mass is 10.1. The number of nitrogens with one attached hydrogen (secondary N) is 1. The molecule has 31 heavy (non-hydrogen) atoms. The van der Waals surface area contributed by atoms with Crippen molar-refractivity contribution in [2.75, 3.05) is 51.4 Å². The van der Waals surface area contributed by atoms with E-state index >= 15 is 0 Å². The normalized spacial score (nSPS) is 15.0. The van der Waals surface area contributed by atoms with E-state index in [9.17, 15) is 9.90 Å². The van der Waals surface area contributed by atoms with Crippen molar-refractivity contribution in [1.82, 2.24) is 4.90 Å². The third kappa shape index (κ3) is 6.60. The van der Waals surface area contributed by atoms with Crippen molar-refractivity contribution in [1.29, 1.82) is 5.26 Å². The summed E-state index contributed by atoms with van der Waals surface area (Å²) >= 11 is 0. The van der Waals surface area contributed by atoms with Gasteiger partial charge in [-0.1, -0.05) is 0 Å². The van der Waals surface area contributed by atoms with Crippen LogP contribution in [0.3, 0.4) is 0 Å². The zero-order valence-electron chi connectivity index (χ0n) is 17.5. The van der Waals surface area contributed by atoms with Gasteiger partial charge in [0.05, 0.1) is 43.5 Å². The van der Waals surface area contributed by atoms with E-state index in [4.69, 9.17) is 19.5 Å². The molecule has 0 amide bonds. The highest BCUT2D eigenvalue weighted by molar-refractivity contribution is 5.78. The molecule has 1 heterocycles. The van der Waals surface area contributed by atoms with Gasteiger partial charge in [0.1, 0.15) is 18.1 Å². The molecule has 0 radical (unpaired) electrons. The van der Waals surface area contributed by atoms with Crippen LogP contribution in [0.25, 0.3) is 0 Å². The van der Waals surface area contributed by atoms with Gasteiger partial charge in [-0.25, -0.2) is 0 Å². The summed E-state index contributed by atoms with van der Waals surface area (Å²) in [7, 11) is 0. The number of hydrogen-bond acceptors (Lipinski definition) is 8. The van der Waals surface area contributed by atoms with Crippen LogP contribution in [0, 0.1) is 11.3 Å². The van der Waals surface area contributed by atoms with Crippen LogP contribution in [0.1, 0.15) is 24.1 Å². The Morgan fingerprint density at radius 2 is 1.87 bits per heavy atom. The van der Waals surface area contributed by atoms with Gasteiger partial charge in [-0.2, -0.15) is 5.26 Å². The van der Waals surface area contributed by atoms with Crippen molar-refractivity contribution in [3.05, 3.63) is 53.6 Å². The molecule has 1 aliphatic rings. The number of hydrogen-bond donors (Lipinski definition) is 1. The molecular weight excluding hydrogens is 398 g/mol. The summed E-state index contributed by atoms with van der Waals surface area (Å²) in [6, 6.07) is 12.6. The number of rotatable bonds is 10. The molecule has 0 bridgehead atoms. The molecule has 0 spiro atoms. The Morgan fingerprint density at radius 1 is 1.19 bits per heavy atom. The van der Waals surface area contributed by atoms with Gasteiger partial charge in [0.25, 0.3) is 0 Å². The Balaban J connectivity index is 1.75. The molecule has 1 unspecified atom stereocenters. The van der Waals surface area contributed by atoms with Gasteiger partial charge in [-0.3, -0.25) is 4.90 Å². The van der Waals surface area contributed by atoms with Crippen molar-refractivity contribution in [3.63, 3.8) is 0 Å². The van der Waals surface area contributed by atoms with E-state index in [1.807, 2.05) is 13.0 Å².